The Morgan fingerprint density at radius 1 is 1.12 bits per heavy atom. The van der Waals surface area contributed by atoms with Crippen molar-refractivity contribution in [2.75, 3.05) is 19.1 Å². The predicted molar refractivity (Wildman–Crippen MR) is 85.1 cm³/mol. The van der Waals surface area contributed by atoms with Crippen LogP contribution in [0.1, 0.15) is 20.7 Å². The van der Waals surface area contributed by atoms with Crippen molar-refractivity contribution in [3.05, 3.63) is 63.7 Å². The number of nitrogens with zero attached hydrogens (tertiary/aromatic N) is 2. The fraction of sp³-hybridized carbons (Fsp3) is 0.125. The molecule has 0 saturated heterocycles. The number of fused-ring (bicyclic) bond motifs is 1. The Hall–Kier alpha value is -3.42. The normalized spacial score (nSPS) is 13.0. The number of imide groups is 1. The smallest absolute Gasteiger partial charge is 0.282 e. The van der Waals surface area contributed by atoms with E-state index in [1.807, 2.05) is 0 Å². The molecule has 1 N–H and O–H groups in total. The van der Waals surface area contributed by atoms with Gasteiger partial charge < -0.3 is 10.1 Å². The van der Waals surface area contributed by atoms with Crippen LogP contribution in [0.4, 0.5) is 11.4 Å². The number of nitrogens with one attached hydrogen (secondary N) is 1. The van der Waals surface area contributed by atoms with Crippen LogP contribution >= 0.6 is 0 Å². The van der Waals surface area contributed by atoms with Crippen LogP contribution in [0.2, 0.25) is 0 Å². The van der Waals surface area contributed by atoms with Gasteiger partial charge in [-0.15, -0.1) is 0 Å². The molecule has 122 valence electrons. The van der Waals surface area contributed by atoms with Gasteiger partial charge >= 0.3 is 0 Å². The van der Waals surface area contributed by atoms with Gasteiger partial charge in [0.1, 0.15) is 11.3 Å². The molecule has 0 atom stereocenters. The van der Waals surface area contributed by atoms with Gasteiger partial charge in [0.25, 0.3) is 17.5 Å². The molecule has 1 aliphatic rings. The van der Waals surface area contributed by atoms with E-state index in [-0.39, 0.29) is 23.5 Å². The number of anilines is 1. The van der Waals surface area contributed by atoms with Crippen molar-refractivity contribution in [2.24, 2.45) is 0 Å². The molecule has 2 amide bonds. The molecule has 2 aromatic rings. The highest BCUT2D eigenvalue weighted by molar-refractivity contribution is 6.23. The summed E-state index contributed by atoms with van der Waals surface area (Å²) in [6.07, 6.45) is 0. The molecule has 8 nitrogen and oxygen atoms in total. The van der Waals surface area contributed by atoms with Crippen molar-refractivity contribution in [1.82, 2.24) is 4.90 Å². The summed E-state index contributed by atoms with van der Waals surface area (Å²) in [4.78, 5) is 36.1. The first-order chi connectivity index (χ1) is 11.5. The second kappa shape index (κ2) is 5.99. The molecule has 24 heavy (non-hydrogen) atoms. The number of carbonyl (C=O) groups is 2. The summed E-state index contributed by atoms with van der Waals surface area (Å²) in [5.74, 6) is -0.556. The lowest BCUT2D eigenvalue weighted by molar-refractivity contribution is -0.385. The molecular formula is C16H13N3O5. The lowest BCUT2D eigenvalue weighted by Gasteiger charge is -2.15. The van der Waals surface area contributed by atoms with Crippen molar-refractivity contribution >= 4 is 23.2 Å². The fourth-order valence-corrected chi connectivity index (χ4v) is 2.49. The van der Waals surface area contributed by atoms with E-state index in [1.54, 1.807) is 31.4 Å². The first-order valence-electron chi connectivity index (χ1n) is 7.04. The van der Waals surface area contributed by atoms with Gasteiger partial charge in [-0.2, -0.15) is 0 Å². The maximum atomic E-state index is 12.4. The van der Waals surface area contributed by atoms with Crippen LogP contribution in [-0.4, -0.2) is 35.4 Å². The molecule has 0 aromatic heterocycles. The Morgan fingerprint density at radius 3 is 2.46 bits per heavy atom. The molecule has 0 bridgehead atoms. The van der Waals surface area contributed by atoms with Crippen LogP contribution < -0.4 is 10.1 Å². The molecule has 1 aliphatic heterocycles. The molecule has 0 aliphatic carbocycles. The highest BCUT2D eigenvalue weighted by Gasteiger charge is 2.40. The zero-order chi connectivity index (χ0) is 17.3. The van der Waals surface area contributed by atoms with Crippen LogP contribution in [0.25, 0.3) is 0 Å². The highest BCUT2D eigenvalue weighted by Crippen LogP contribution is 2.30. The van der Waals surface area contributed by atoms with Crippen LogP contribution in [0, 0.1) is 10.1 Å². The Bertz CT molecular complexity index is 832. The SMILES string of the molecule is COc1ccc(NCN2C(=O)c3cccc([N+](=O)[O-])c3C2=O)cc1. The number of amides is 2. The summed E-state index contributed by atoms with van der Waals surface area (Å²) in [5, 5.41) is 14.0. The number of hydrogen-bond acceptors (Lipinski definition) is 6. The molecule has 0 unspecified atom stereocenters. The standard InChI is InChI=1S/C16H13N3O5/c1-24-11-7-5-10(6-8-11)17-9-18-15(20)12-3-2-4-13(19(22)23)14(12)16(18)21/h2-8,17H,9H2,1H3. The third-order valence-corrected chi connectivity index (χ3v) is 3.71. The Morgan fingerprint density at radius 2 is 1.83 bits per heavy atom. The summed E-state index contributed by atoms with van der Waals surface area (Å²) in [6, 6.07) is 11.0. The van der Waals surface area contributed by atoms with Crippen molar-refractivity contribution in [1.29, 1.82) is 0 Å². The molecule has 3 rings (SSSR count). The number of hydrogen-bond donors (Lipinski definition) is 1. The molecule has 0 saturated carbocycles. The topological polar surface area (TPSA) is 102 Å². The van der Waals surface area contributed by atoms with Gasteiger partial charge in [0.05, 0.1) is 24.3 Å². The minimum absolute atomic E-state index is 0.0470. The van der Waals surface area contributed by atoms with E-state index in [9.17, 15) is 19.7 Å². The number of ether oxygens (including phenoxy) is 1. The van der Waals surface area contributed by atoms with Gasteiger partial charge in [0.15, 0.2) is 0 Å². The summed E-state index contributed by atoms with van der Waals surface area (Å²) >= 11 is 0. The van der Waals surface area contributed by atoms with E-state index in [4.69, 9.17) is 4.74 Å². The molecule has 0 radical (unpaired) electrons. The Labute approximate surface area is 136 Å². The summed E-state index contributed by atoms with van der Waals surface area (Å²) < 4.78 is 5.05. The molecule has 8 heteroatoms. The molecule has 1 heterocycles. The number of benzene rings is 2. The molecule has 0 spiro atoms. The third kappa shape index (κ3) is 2.54. The average Bonchev–Trinajstić information content (AvgIpc) is 2.84. The quantitative estimate of drug-likeness (QED) is 0.513. The molecule has 0 fully saturated rings. The summed E-state index contributed by atoms with van der Waals surface area (Å²) in [6.45, 7) is -0.0875. The number of nitro groups is 1. The first kappa shape index (κ1) is 15.5. The third-order valence-electron chi connectivity index (χ3n) is 3.71. The molecule has 2 aromatic carbocycles. The van der Waals surface area contributed by atoms with Crippen LogP contribution in [0.3, 0.4) is 0 Å². The maximum Gasteiger partial charge on any atom is 0.282 e. The van der Waals surface area contributed by atoms with E-state index in [0.29, 0.717) is 11.4 Å². The molecular weight excluding hydrogens is 314 g/mol. The number of rotatable bonds is 5. The van der Waals surface area contributed by atoms with Crippen LogP contribution in [0.5, 0.6) is 5.75 Å². The van der Waals surface area contributed by atoms with E-state index >= 15 is 0 Å². The summed E-state index contributed by atoms with van der Waals surface area (Å²) in [5.41, 5.74) is 0.203. The monoisotopic (exact) mass is 327 g/mol. The Balaban J connectivity index is 1.80. The minimum atomic E-state index is -0.677. The van der Waals surface area contributed by atoms with E-state index in [0.717, 1.165) is 4.90 Å². The van der Waals surface area contributed by atoms with Gasteiger partial charge in [-0.25, -0.2) is 0 Å². The van der Waals surface area contributed by atoms with Crippen molar-refractivity contribution < 1.29 is 19.2 Å². The average molecular weight is 327 g/mol. The van der Waals surface area contributed by atoms with Crippen molar-refractivity contribution in [3.8, 4) is 5.75 Å². The van der Waals surface area contributed by atoms with Gasteiger partial charge in [-0.05, 0) is 30.3 Å². The van der Waals surface area contributed by atoms with E-state index < -0.39 is 16.7 Å². The Kier molecular flexibility index (Phi) is 3.87. The lowest BCUT2D eigenvalue weighted by atomic mass is 10.1. The highest BCUT2D eigenvalue weighted by atomic mass is 16.6. The van der Waals surface area contributed by atoms with Gasteiger partial charge in [0, 0.05) is 11.8 Å². The first-order valence-corrected chi connectivity index (χ1v) is 7.04. The van der Waals surface area contributed by atoms with Crippen molar-refractivity contribution in [2.45, 2.75) is 0 Å². The predicted octanol–water partition coefficient (Wildman–Crippen LogP) is 2.27. The van der Waals surface area contributed by atoms with Crippen LogP contribution in [-0.2, 0) is 0 Å². The van der Waals surface area contributed by atoms with Gasteiger partial charge in [-0.1, -0.05) is 6.07 Å². The van der Waals surface area contributed by atoms with E-state index in [1.165, 1.54) is 18.2 Å². The number of methoxy groups -OCH3 is 1. The van der Waals surface area contributed by atoms with Crippen LogP contribution in [0.15, 0.2) is 42.5 Å². The lowest BCUT2D eigenvalue weighted by Crippen LogP contribution is -2.34. The zero-order valence-electron chi connectivity index (χ0n) is 12.7. The van der Waals surface area contributed by atoms with Crippen molar-refractivity contribution in [3.63, 3.8) is 0 Å². The number of carbonyl (C=O) groups excluding carboxylic acids is 2. The summed E-state index contributed by atoms with van der Waals surface area (Å²) in [7, 11) is 1.55. The second-order valence-corrected chi connectivity index (χ2v) is 5.06. The number of nitro benzene ring substituents is 1. The minimum Gasteiger partial charge on any atom is -0.497 e. The zero-order valence-corrected chi connectivity index (χ0v) is 12.7. The van der Waals surface area contributed by atoms with Gasteiger partial charge in [0.2, 0.25) is 0 Å². The second-order valence-electron chi connectivity index (χ2n) is 5.06. The largest absolute Gasteiger partial charge is 0.497 e. The fourth-order valence-electron chi connectivity index (χ4n) is 2.49. The maximum absolute atomic E-state index is 12.4. The van der Waals surface area contributed by atoms with E-state index in [2.05, 4.69) is 5.32 Å². The van der Waals surface area contributed by atoms with Gasteiger partial charge in [-0.3, -0.25) is 24.6 Å².